The minimum Gasteiger partial charge on any atom is -0.309 e. The fourth-order valence-corrected chi connectivity index (χ4v) is 10.5. The molecule has 0 saturated heterocycles. The molecule has 1 aliphatic carbocycles. The van der Waals surface area contributed by atoms with Crippen LogP contribution in [0.3, 0.4) is 0 Å². The summed E-state index contributed by atoms with van der Waals surface area (Å²) in [5, 5.41) is 4.88. The Labute approximate surface area is 395 Å². The molecule has 0 fully saturated rings. The van der Waals surface area contributed by atoms with E-state index in [0.717, 1.165) is 68.0 Å². The molecule has 13 rings (SSSR count). The van der Waals surface area contributed by atoms with E-state index < -0.39 is 0 Å². The summed E-state index contributed by atoms with van der Waals surface area (Å²) in [5.74, 6) is 0.772. The normalized spacial score (nSPS) is 13.6. The molecule has 1 unspecified atom stereocenters. The topological polar surface area (TPSA) is 35.6 Å². The van der Waals surface area contributed by atoms with Crippen molar-refractivity contribution in [3.8, 4) is 67.5 Å². The molecule has 9 aromatic carbocycles. The van der Waals surface area contributed by atoms with Crippen LogP contribution < -0.4 is 0 Å². The molecule has 3 heterocycles. The molecule has 0 aliphatic heterocycles. The van der Waals surface area contributed by atoms with Gasteiger partial charge in [-0.15, -0.1) is 0 Å². The number of fused-ring (bicyclic) bond motifs is 6. The molecule has 4 nitrogen and oxygen atoms in total. The van der Waals surface area contributed by atoms with Crippen LogP contribution in [0.25, 0.3) is 111 Å². The summed E-state index contributed by atoms with van der Waals surface area (Å²) in [7, 11) is 0. The van der Waals surface area contributed by atoms with E-state index in [1.54, 1.807) is 0 Å². The van der Waals surface area contributed by atoms with Gasteiger partial charge < -0.3 is 9.13 Å². The van der Waals surface area contributed by atoms with Crippen LogP contribution >= 0.6 is 0 Å². The third-order valence-electron chi connectivity index (χ3n) is 13.6. The van der Waals surface area contributed by atoms with E-state index >= 15 is 0 Å². The van der Waals surface area contributed by atoms with Gasteiger partial charge in [0.25, 0.3) is 0 Å². The zero-order valence-corrected chi connectivity index (χ0v) is 37.2. The fourth-order valence-electron chi connectivity index (χ4n) is 10.5. The number of hydrogen-bond donors (Lipinski definition) is 0. The standard InChI is InChI=1S/C64H44N4/c1-6-20-43(21-7-1)48-34-37-61-56(38-48)53-36-35-50(67-59-32-18-16-30-51(59)52-31-17-19-33-60(52)67)41-62(53)68(61)63-54(44-22-8-2-9-23-44)39-49(40-55(63)45-24-10-3-11-25-45)64-65-57(46-26-12-4-13-27-46)42-58(66-64)47-28-14-5-15-29-47/h1-24,26-42,45H,25H2. The van der Waals surface area contributed by atoms with Crippen LogP contribution in [0.4, 0.5) is 0 Å². The number of allylic oxidation sites excluding steroid dienone is 4. The number of aromatic nitrogens is 4. The van der Waals surface area contributed by atoms with Crippen LogP contribution in [0.2, 0.25) is 0 Å². The van der Waals surface area contributed by atoms with Gasteiger partial charge in [-0.2, -0.15) is 0 Å². The van der Waals surface area contributed by atoms with Crippen molar-refractivity contribution >= 4 is 43.6 Å². The zero-order valence-electron chi connectivity index (χ0n) is 37.2. The van der Waals surface area contributed by atoms with E-state index in [-0.39, 0.29) is 5.92 Å². The van der Waals surface area contributed by atoms with Gasteiger partial charge in [0.2, 0.25) is 0 Å². The van der Waals surface area contributed by atoms with Crippen molar-refractivity contribution in [1.82, 2.24) is 19.1 Å². The van der Waals surface area contributed by atoms with Crippen LogP contribution in [0.1, 0.15) is 17.9 Å². The molecule has 0 bridgehead atoms. The van der Waals surface area contributed by atoms with Gasteiger partial charge in [-0.05, 0) is 83.3 Å². The maximum absolute atomic E-state index is 5.39. The van der Waals surface area contributed by atoms with Crippen molar-refractivity contribution in [1.29, 1.82) is 0 Å². The summed E-state index contributed by atoms with van der Waals surface area (Å²) in [6, 6.07) is 80.9. The van der Waals surface area contributed by atoms with Gasteiger partial charge in [0.15, 0.2) is 5.82 Å². The second-order valence-electron chi connectivity index (χ2n) is 17.7. The van der Waals surface area contributed by atoms with Gasteiger partial charge in [0.1, 0.15) is 0 Å². The molecule has 1 aliphatic rings. The van der Waals surface area contributed by atoms with Gasteiger partial charge in [0, 0.05) is 55.4 Å². The first-order chi connectivity index (χ1) is 33.7. The quantitative estimate of drug-likeness (QED) is 0.153. The minimum atomic E-state index is 0.0833. The average molecular weight is 869 g/mol. The summed E-state index contributed by atoms with van der Waals surface area (Å²) in [4.78, 5) is 10.8. The molecule has 0 N–H and O–H groups in total. The van der Waals surface area contributed by atoms with E-state index in [0.29, 0.717) is 5.82 Å². The molecule has 320 valence electrons. The number of benzene rings is 9. The number of rotatable bonds is 8. The Morgan fingerprint density at radius 3 is 1.54 bits per heavy atom. The van der Waals surface area contributed by atoms with Crippen molar-refractivity contribution < 1.29 is 0 Å². The lowest BCUT2D eigenvalue weighted by atomic mass is 9.86. The maximum atomic E-state index is 5.39. The van der Waals surface area contributed by atoms with Crippen LogP contribution in [-0.4, -0.2) is 19.1 Å². The third-order valence-corrected chi connectivity index (χ3v) is 13.6. The molecule has 1 atom stereocenters. The van der Waals surface area contributed by atoms with Crippen molar-refractivity contribution in [3.63, 3.8) is 0 Å². The molecule has 12 aromatic rings. The van der Waals surface area contributed by atoms with E-state index in [1.807, 2.05) is 0 Å². The van der Waals surface area contributed by atoms with E-state index in [4.69, 9.17) is 9.97 Å². The Morgan fingerprint density at radius 1 is 0.368 bits per heavy atom. The first-order valence-electron chi connectivity index (χ1n) is 23.4. The van der Waals surface area contributed by atoms with Crippen LogP contribution in [0.15, 0.2) is 249 Å². The Kier molecular flexibility index (Phi) is 9.61. The number of para-hydroxylation sites is 2. The highest BCUT2D eigenvalue weighted by Crippen LogP contribution is 2.45. The summed E-state index contributed by atoms with van der Waals surface area (Å²) >= 11 is 0. The van der Waals surface area contributed by atoms with Crippen molar-refractivity contribution in [2.45, 2.75) is 12.3 Å². The molecular weight excluding hydrogens is 825 g/mol. The smallest absolute Gasteiger partial charge is 0.160 e. The molecule has 68 heavy (non-hydrogen) atoms. The van der Waals surface area contributed by atoms with E-state index in [2.05, 4.69) is 258 Å². The predicted molar refractivity (Wildman–Crippen MR) is 284 cm³/mol. The van der Waals surface area contributed by atoms with Gasteiger partial charge in [0.05, 0.1) is 39.1 Å². The second kappa shape index (κ2) is 16.5. The first-order valence-corrected chi connectivity index (χ1v) is 23.4. The largest absolute Gasteiger partial charge is 0.309 e. The highest BCUT2D eigenvalue weighted by molar-refractivity contribution is 6.13. The number of nitrogens with zero attached hydrogens (tertiary/aromatic N) is 4. The Hall–Kier alpha value is -8.86. The van der Waals surface area contributed by atoms with E-state index in [9.17, 15) is 0 Å². The summed E-state index contributed by atoms with van der Waals surface area (Å²) in [6.45, 7) is 0. The van der Waals surface area contributed by atoms with E-state index in [1.165, 1.54) is 49.3 Å². The highest BCUT2D eigenvalue weighted by Gasteiger charge is 2.26. The lowest BCUT2D eigenvalue weighted by Gasteiger charge is -2.25. The van der Waals surface area contributed by atoms with Crippen molar-refractivity contribution in [3.05, 3.63) is 254 Å². The van der Waals surface area contributed by atoms with Gasteiger partial charge in [-0.1, -0.05) is 194 Å². The fraction of sp³-hybridized carbons (Fsp3) is 0.0312. The summed E-state index contributed by atoms with van der Waals surface area (Å²) in [6.07, 6.45) is 9.88. The zero-order chi connectivity index (χ0) is 45.0. The molecule has 3 aromatic heterocycles. The maximum Gasteiger partial charge on any atom is 0.160 e. The highest BCUT2D eigenvalue weighted by atomic mass is 15.0. The average Bonchev–Trinajstić information content (AvgIpc) is 3.93. The lowest BCUT2D eigenvalue weighted by Crippen LogP contribution is -2.08. The minimum absolute atomic E-state index is 0.0833. The van der Waals surface area contributed by atoms with Crippen LogP contribution in [0.5, 0.6) is 0 Å². The lowest BCUT2D eigenvalue weighted by molar-refractivity contribution is 0.844. The molecule has 4 heteroatoms. The van der Waals surface area contributed by atoms with Gasteiger partial charge >= 0.3 is 0 Å². The molecule has 0 spiro atoms. The van der Waals surface area contributed by atoms with Crippen LogP contribution in [0, 0.1) is 0 Å². The molecular formula is C64H44N4. The third kappa shape index (κ3) is 6.77. The summed E-state index contributed by atoms with van der Waals surface area (Å²) < 4.78 is 4.99. The molecule has 0 saturated carbocycles. The first kappa shape index (κ1) is 39.5. The summed E-state index contributed by atoms with van der Waals surface area (Å²) in [5.41, 5.74) is 17.6. The Balaban J connectivity index is 1.14. The van der Waals surface area contributed by atoms with Crippen molar-refractivity contribution in [2.75, 3.05) is 0 Å². The Bertz CT molecular complexity index is 3810. The second-order valence-corrected chi connectivity index (χ2v) is 17.7. The predicted octanol–water partition coefficient (Wildman–Crippen LogP) is 16.6. The Morgan fingerprint density at radius 2 is 0.926 bits per heavy atom. The van der Waals surface area contributed by atoms with Crippen LogP contribution in [-0.2, 0) is 0 Å². The SMILES string of the molecule is C1=CCC(c2cc(-c3nc(-c4ccccc4)cc(-c4ccccc4)n3)cc(-c3ccccc3)c2-n2c3ccc(-c4ccccc4)cc3c3ccc(-n4c5ccccc5c5ccccc54)cc32)C=C1. The van der Waals surface area contributed by atoms with Crippen molar-refractivity contribution in [2.24, 2.45) is 0 Å². The monoisotopic (exact) mass is 868 g/mol. The van der Waals surface area contributed by atoms with Gasteiger partial charge in [-0.3, -0.25) is 0 Å². The number of hydrogen-bond acceptors (Lipinski definition) is 2. The molecule has 0 radical (unpaired) electrons. The molecule has 0 amide bonds. The van der Waals surface area contributed by atoms with Gasteiger partial charge in [-0.25, -0.2) is 9.97 Å².